The summed E-state index contributed by atoms with van der Waals surface area (Å²) in [5, 5.41) is 0. The highest BCUT2D eigenvalue weighted by Crippen LogP contribution is 2.54. The fourth-order valence-corrected chi connectivity index (χ4v) is 5.65. The van der Waals surface area contributed by atoms with E-state index in [0.717, 1.165) is 5.56 Å². The summed E-state index contributed by atoms with van der Waals surface area (Å²) >= 11 is 4.19. The highest BCUT2D eigenvalue weighted by Gasteiger charge is 2.38. The second-order valence-electron chi connectivity index (χ2n) is 4.59. The van der Waals surface area contributed by atoms with Gasteiger partial charge in [-0.05, 0) is 41.5 Å². The van der Waals surface area contributed by atoms with E-state index in [1.54, 1.807) is 0 Å². The fraction of sp³-hybridized carbons (Fsp3) is 0.467. The van der Waals surface area contributed by atoms with Crippen LogP contribution in [0, 0.1) is 18.3 Å². The van der Waals surface area contributed by atoms with Gasteiger partial charge in [-0.1, -0.05) is 31.9 Å². The first kappa shape index (κ1) is 12.9. The smallest absolute Gasteiger partial charge is 0.0882 e. The molecule has 0 spiro atoms. The Balaban J connectivity index is 2.35. The van der Waals surface area contributed by atoms with Crippen LogP contribution in [0.3, 0.4) is 0 Å². The van der Waals surface area contributed by atoms with Gasteiger partial charge in [-0.3, -0.25) is 0 Å². The Bertz CT molecular complexity index is 406. The number of hydrogen-bond donors (Lipinski definition) is 0. The Hall–Kier alpha value is -0.520. The van der Waals surface area contributed by atoms with Gasteiger partial charge in [0.05, 0.1) is 4.08 Å². The number of rotatable bonds is 2. The highest BCUT2D eigenvalue weighted by atomic mass is 32.2. The molecule has 1 heterocycles. The molecule has 1 aliphatic heterocycles. The van der Waals surface area contributed by atoms with Gasteiger partial charge in [0.2, 0.25) is 0 Å². The molecular formula is C15H18S2. The van der Waals surface area contributed by atoms with Gasteiger partial charge in [0.15, 0.2) is 0 Å². The molecule has 1 fully saturated rings. The SMILES string of the molecule is C#Cc1ccc(C2(C(C)C)SCCCS2)cc1. The largest absolute Gasteiger partial charge is 0.139 e. The lowest BCUT2D eigenvalue weighted by Crippen LogP contribution is -2.28. The molecule has 0 atom stereocenters. The van der Waals surface area contributed by atoms with E-state index in [1.165, 1.54) is 23.5 Å². The van der Waals surface area contributed by atoms with Crippen molar-refractivity contribution in [3.63, 3.8) is 0 Å². The lowest BCUT2D eigenvalue weighted by Gasteiger charge is -2.40. The summed E-state index contributed by atoms with van der Waals surface area (Å²) in [5.74, 6) is 5.85. The third-order valence-corrected chi connectivity index (χ3v) is 7.10. The predicted octanol–water partition coefficient (Wildman–Crippen LogP) is 4.35. The maximum atomic E-state index is 5.41. The van der Waals surface area contributed by atoms with Crippen LogP contribution in [-0.4, -0.2) is 11.5 Å². The first-order valence-corrected chi connectivity index (χ1v) is 8.01. The van der Waals surface area contributed by atoms with Crippen molar-refractivity contribution < 1.29 is 0 Å². The molecule has 0 N–H and O–H groups in total. The van der Waals surface area contributed by atoms with Crippen LogP contribution < -0.4 is 0 Å². The first-order valence-electron chi connectivity index (χ1n) is 6.04. The van der Waals surface area contributed by atoms with E-state index in [-0.39, 0.29) is 4.08 Å². The van der Waals surface area contributed by atoms with Gasteiger partial charge in [0.25, 0.3) is 0 Å². The quantitative estimate of drug-likeness (QED) is 0.727. The zero-order chi connectivity index (χ0) is 12.3. The van der Waals surface area contributed by atoms with Gasteiger partial charge in [0, 0.05) is 5.56 Å². The standard InChI is InChI=1S/C15H18S2/c1-4-13-6-8-14(9-7-13)15(12(2)3)16-10-5-11-17-15/h1,6-9,12H,5,10-11H2,2-3H3. The highest BCUT2D eigenvalue weighted by molar-refractivity contribution is 8.18. The topological polar surface area (TPSA) is 0 Å². The van der Waals surface area contributed by atoms with Crippen molar-refractivity contribution in [2.45, 2.75) is 24.3 Å². The summed E-state index contributed by atoms with van der Waals surface area (Å²) in [6.45, 7) is 4.64. The van der Waals surface area contributed by atoms with Crippen molar-refractivity contribution in [3.8, 4) is 12.3 Å². The lowest BCUT2D eigenvalue weighted by atomic mass is 10.00. The van der Waals surface area contributed by atoms with Crippen molar-refractivity contribution in [3.05, 3.63) is 35.4 Å². The number of hydrogen-bond acceptors (Lipinski definition) is 2. The average molecular weight is 262 g/mol. The minimum Gasteiger partial charge on any atom is -0.139 e. The van der Waals surface area contributed by atoms with Crippen molar-refractivity contribution in [1.29, 1.82) is 0 Å². The fourth-order valence-electron chi connectivity index (χ4n) is 2.18. The van der Waals surface area contributed by atoms with Crippen LogP contribution >= 0.6 is 23.5 Å². The van der Waals surface area contributed by atoms with Crippen molar-refractivity contribution >= 4 is 23.5 Å². The molecule has 0 aromatic heterocycles. The molecule has 1 aliphatic rings. The first-order chi connectivity index (χ1) is 8.19. The van der Waals surface area contributed by atoms with Gasteiger partial charge >= 0.3 is 0 Å². The van der Waals surface area contributed by atoms with E-state index in [2.05, 4.69) is 67.6 Å². The molecule has 90 valence electrons. The van der Waals surface area contributed by atoms with E-state index in [1.807, 2.05) is 0 Å². The number of terminal acetylenes is 1. The number of benzene rings is 1. The minimum absolute atomic E-state index is 0.228. The average Bonchev–Trinajstić information content (AvgIpc) is 2.39. The Labute approximate surface area is 113 Å². The van der Waals surface area contributed by atoms with Crippen molar-refractivity contribution in [2.75, 3.05) is 11.5 Å². The van der Waals surface area contributed by atoms with E-state index < -0.39 is 0 Å². The second kappa shape index (κ2) is 5.42. The van der Waals surface area contributed by atoms with E-state index in [4.69, 9.17) is 6.42 Å². The molecule has 1 aromatic rings. The lowest BCUT2D eigenvalue weighted by molar-refractivity contribution is 0.587. The maximum absolute atomic E-state index is 5.41. The molecule has 0 aliphatic carbocycles. The summed E-state index contributed by atoms with van der Waals surface area (Å²) in [6, 6.07) is 8.55. The van der Waals surface area contributed by atoms with E-state index >= 15 is 0 Å². The molecule has 2 rings (SSSR count). The summed E-state index contributed by atoms with van der Waals surface area (Å²) in [7, 11) is 0. The van der Waals surface area contributed by atoms with E-state index in [9.17, 15) is 0 Å². The molecule has 0 unspecified atom stereocenters. The molecule has 1 saturated heterocycles. The molecule has 0 radical (unpaired) electrons. The summed E-state index contributed by atoms with van der Waals surface area (Å²) in [6.07, 6.45) is 6.74. The molecule has 17 heavy (non-hydrogen) atoms. The molecular weight excluding hydrogens is 244 g/mol. The summed E-state index contributed by atoms with van der Waals surface area (Å²) < 4.78 is 0.228. The monoisotopic (exact) mass is 262 g/mol. The Morgan fingerprint density at radius 2 is 1.76 bits per heavy atom. The Morgan fingerprint density at radius 1 is 1.18 bits per heavy atom. The Morgan fingerprint density at radius 3 is 2.24 bits per heavy atom. The van der Waals surface area contributed by atoms with E-state index in [0.29, 0.717) is 5.92 Å². The van der Waals surface area contributed by atoms with Crippen LogP contribution in [0.1, 0.15) is 31.4 Å². The zero-order valence-corrected chi connectivity index (χ0v) is 12.0. The summed E-state index contributed by atoms with van der Waals surface area (Å²) in [4.78, 5) is 0. The molecule has 1 aromatic carbocycles. The molecule has 0 saturated carbocycles. The van der Waals surface area contributed by atoms with Crippen LogP contribution in [-0.2, 0) is 4.08 Å². The molecule has 2 heteroatoms. The molecule has 0 amide bonds. The normalized spacial score (nSPS) is 18.9. The van der Waals surface area contributed by atoms with Gasteiger partial charge in [0.1, 0.15) is 0 Å². The predicted molar refractivity (Wildman–Crippen MR) is 80.4 cm³/mol. The maximum Gasteiger partial charge on any atom is 0.0882 e. The number of thioether (sulfide) groups is 2. The third kappa shape index (κ3) is 2.51. The van der Waals surface area contributed by atoms with Crippen LogP contribution in [0.5, 0.6) is 0 Å². The van der Waals surface area contributed by atoms with Gasteiger partial charge in [-0.2, -0.15) is 0 Å². The van der Waals surface area contributed by atoms with Gasteiger partial charge in [-0.25, -0.2) is 0 Å². The second-order valence-corrected chi connectivity index (χ2v) is 7.53. The third-order valence-electron chi connectivity index (χ3n) is 3.14. The minimum atomic E-state index is 0.228. The zero-order valence-electron chi connectivity index (χ0n) is 10.4. The molecule has 0 nitrogen and oxygen atoms in total. The Kier molecular flexibility index (Phi) is 4.12. The van der Waals surface area contributed by atoms with Crippen LogP contribution in [0.2, 0.25) is 0 Å². The van der Waals surface area contributed by atoms with Crippen LogP contribution in [0.4, 0.5) is 0 Å². The molecule has 0 bridgehead atoms. The van der Waals surface area contributed by atoms with Gasteiger partial charge < -0.3 is 0 Å². The van der Waals surface area contributed by atoms with Gasteiger partial charge in [-0.15, -0.1) is 29.9 Å². The van der Waals surface area contributed by atoms with Crippen LogP contribution in [0.25, 0.3) is 0 Å². The summed E-state index contributed by atoms with van der Waals surface area (Å²) in [5.41, 5.74) is 2.39. The van der Waals surface area contributed by atoms with Crippen molar-refractivity contribution in [1.82, 2.24) is 0 Å². The van der Waals surface area contributed by atoms with Crippen molar-refractivity contribution in [2.24, 2.45) is 5.92 Å². The van der Waals surface area contributed by atoms with Crippen LogP contribution in [0.15, 0.2) is 24.3 Å².